The Hall–Kier alpha value is -1.20. The third-order valence-corrected chi connectivity index (χ3v) is 2.52. The molecular formula is C9H14F2N2O2. The van der Waals surface area contributed by atoms with E-state index < -0.39 is 18.4 Å². The second-order valence-electron chi connectivity index (χ2n) is 3.46. The van der Waals surface area contributed by atoms with E-state index in [4.69, 9.17) is 0 Å². The minimum atomic E-state index is -3.03. The van der Waals surface area contributed by atoms with Crippen LogP contribution in [-0.2, 0) is 9.59 Å². The predicted molar refractivity (Wildman–Crippen MR) is 49.4 cm³/mol. The molecule has 15 heavy (non-hydrogen) atoms. The first-order valence-electron chi connectivity index (χ1n) is 4.88. The molecule has 0 radical (unpaired) electrons. The Morgan fingerprint density at radius 1 is 1.40 bits per heavy atom. The number of likely N-dealkylation sites (N-methyl/N-ethyl adjacent to an activating group) is 1. The van der Waals surface area contributed by atoms with E-state index in [0.29, 0.717) is 12.8 Å². The molecule has 86 valence electrons. The summed E-state index contributed by atoms with van der Waals surface area (Å²) in [7, 11) is 1.43. The molecule has 1 unspecified atom stereocenters. The first-order valence-corrected chi connectivity index (χ1v) is 4.88. The molecule has 6 heteroatoms. The summed E-state index contributed by atoms with van der Waals surface area (Å²) in [5.74, 6) is -1.62. The Morgan fingerprint density at radius 3 is 2.60 bits per heavy atom. The fraction of sp³-hybridized carbons (Fsp3) is 0.778. The summed E-state index contributed by atoms with van der Waals surface area (Å²) in [4.78, 5) is 23.5. The van der Waals surface area contributed by atoms with Crippen LogP contribution in [0.5, 0.6) is 0 Å². The molecule has 1 fully saturated rings. The molecule has 1 heterocycles. The van der Waals surface area contributed by atoms with E-state index in [0.717, 1.165) is 11.3 Å². The summed E-state index contributed by atoms with van der Waals surface area (Å²) < 4.78 is 24.5. The fourth-order valence-electron chi connectivity index (χ4n) is 1.76. The molecule has 1 aliphatic rings. The number of carbonyl (C=O) groups excluding carboxylic acids is 2. The van der Waals surface area contributed by atoms with Crippen LogP contribution in [0.4, 0.5) is 8.78 Å². The molecule has 1 aliphatic heterocycles. The third kappa shape index (κ3) is 2.64. The van der Waals surface area contributed by atoms with Gasteiger partial charge in [-0.2, -0.15) is 8.78 Å². The minimum absolute atomic E-state index is 0.237. The van der Waals surface area contributed by atoms with Gasteiger partial charge in [-0.05, 0) is 19.3 Å². The standard InChI is InChI=1S/C9H14F2N2O2/c1-12-8(14)6-4-2-3-5-13(6)9(15)7(10)11/h6-7H,2-5H2,1H3,(H,12,14). The van der Waals surface area contributed by atoms with E-state index in [1.54, 1.807) is 0 Å². The lowest BCUT2D eigenvalue weighted by molar-refractivity contribution is -0.151. The van der Waals surface area contributed by atoms with Gasteiger partial charge in [0.05, 0.1) is 0 Å². The Bertz CT molecular complexity index is 258. The van der Waals surface area contributed by atoms with Crippen LogP contribution in [-0.4, -0.2) is 42.8 Å². The van der Waals surface area contributed by atoms with Gasteiger partial charge in [0.25, 0.3) is 5.91 Å². The fourth-order valence-corrected chi connectivity index (χ4v) is 1.76. The average Bonchev–Trinajstić information content (AvgIpc) is 2.27. The van der Waals surface area contributed by atoms with Crippen molar-refractivity contribution in [2.75, 3.05) is 13.6 Å². The van der Waals surface area contributed by atoms with E-state index >= 15 is 0 Å². The molecule has 0 aromatic carbocycles. The topological polar surface area (TPSA) is 49.4 Å². The molecule has 1 N–H and O–H groups in total. The zero-order chi connectivity index (χ0) is 11.4. The zero-order valence-corrected chi connectivity index (χ0v) is 8.50. The molecule has 0 saturated carbocycles. The number of piperidine rings is 1. The summed E-state index contributed by atoms with van der Waals surface area (Å²) >= 11 is 0. The van der Waals surface area contributed by atoms with Gasteiger partial charge in [0.2, 0.25) is 5.91 Å². The number of halogens is 2. The van der Waals surface area contributed by atoms with Gasteiger partial charge in [0.15, 0.2) is 0 Å². The minimum Gasteiger partial charge on any atom is -0.357 e. The Labute approximate surface area is 86.6 Å². The molecular weight excluding hydrogens is 206 g/mol. The van der Waals surface area contributed by atoms with Crippen LogP contribution >= 0.6 is 0 Å². The number of amides is 2. The van der Waals surface area contributed by atoms with Gasteiger partial charge in [-0.25, -0.2) is 0 Å². The van der Waals surface area contributed by atoms with Crippen LogP contribution < -0.4 is 5.32 Å². The SMILES string of the molecule is CNC(=O)C1CCCCN1C(=O)C(F)F. The lowest BCUT2D eigenvalue weighted by Crippen LogP contribution is -2.52. The van der Waals surface area contributed by atoms with Crippen LogP contribution in [0, 0.1) is 0 Å². The molecule has 1 rings (SSSR count). The molecule has 0 aliphatic carbocycles. The van der Waals surface area contributed by atoms with Crippen LogP contribution in [0.3, 0.4) is 0 Å². The molecule has 0 aromatic heterocycles. The van der Waals surface area contributed by atoms with Crippen molar-refractivity contribution in [3.63, 3.8) is 0 Å². The number of hydrogen-bond donors (Lipinski definition) is 1. The highest BCUT2D eigenvalue weighted by molar-refractivity contribution is 5.88. The summed E-state index contributed by atoms with van der Waals surface area (Å²) in [6.07, 6.45) is -1.12. The number of nitrogens with zero attached hydrogens (tertiary/aromatic N) is 1. The van der Waals surface area contributed by atoms with E-state index in [9.17, 15) is 18.4 Å². The third-order valence-electron chi connectivity index (χ3n) is 2.52. The number of alkyl halides is 2. The molecule has 2 amide bonds. The molecule has 1 atom stereocenters. The Kier molecular flexibility index (Phi) is 3.99. The molecule has 1 saturated heterocycles. The summed E-state index contributed by atoms with van der Waals surface area (Å²) in [6.45, 7) is 0.237. The van der Waals surface area contributed by atoms with Crippen molar-refractivity contribution >= 4 is 11.8 Å². The van der Waals surface area contributed by atoms with Crippen molar-refractivity contribution in [3.8, 4) is 0 Å². The van der Waals surface area contributed by atoms with E-state index in [-0.39, 0.29) is 12.5 Å². The smallest absolute Gasteiger partial charge is 0.315 e. The van der Waals surface area contributed by atoms with E-state index in [1.165, 1.54) is 7.05 Å². The van der Waals surface area contributed by atoms with Crippen molar-refractivity contribution in [2.24, 2.45) is 0 Å². The first-order chi connectivity index (χ1) is 7.07. The monoisotopic (exact) mass is 220 g/mol. The number of nitrogens with one attached hydrogen (secondary N) is 1. The lowest BCUT2D eigenvalue weighted by atomic mass is 10.0. The van der Waals surface area contributed by atoms with Gasteiger partial charge >= 0.3 is 6.43 Å². The summed E-state index contributed by atoms with van der Waals surface area (Å²) in [5, 5.41) is 2.38. The van der Waals surface area contributed by atoms with Gasteiger partial charge < -0.3 is 10.2 Å². The molecule has 0 aromatic rings. The highest BCUT2D eigenvalue weighted by Gasteiger charge is 2.35. The maximum absolute atomic E-state index is 12.2. The van der Waals surface area contributed by atoms with Gasteiger partial charge in [-0.1, -0.05) is 0 Å². The van der Waals surface area contributed by atoms with Crippen LogP contribution in [0.25, 0.3) is 0 Å². The van der Waals surface area contributed by atoms with E-state index in [2.05, 4.69) is 5.32 Å². The molecule has 0 bridgehead atoms. The van der Waals surface area contributed by atoms with Gasteiger partial charge in [0.1, 0.15) is 6.04 Å². The van der Waals surface area contributed by atoms with Crippen LogP contribution in [0.2, 0.25) is 0 Å². The van der Waals surface area contributed by atoms with Crippen molar-refractivity contribution in [3.05, 3.63) is 0 Å². The molecule has 4 nitrogen and oxygen atoms in total. The number of rotatable bonds is 2. The van der Waals surface area contributed by atoms with Crippen molar-refractivity contribution in [1.29, 1.82) is 0 Å². The van der Waals surface area contributed by atoms with Crippen LogP contribution in [0.1, 0.15) is 19.3 Å². The normalized spacial score (nSPS) is 21.6. The first kappa shape index (κ1) is 11.9. The van der Waals surface area contributed by atoms with Crippen molar-refractivity contribution in [1.82, 2.24) is 10.2 Å². The van der Waals surface area contributed by atoms with Gasteiger partial charge in [-0.15, -0.1) is 0 Å². The quantitative estimate of drug-likeness (QED) is 0.731. The maximum atomic E-state index is 12.2. The second-order valence-corrected chi connectivity index (χ2v) is 3.46. The average molecular weight is 220 g/mol. The van der Waals surface area contributed by atoms with Crippen molar-refractivity contribution in [2.45, 2.75) is 31.7 Å². The van der Waals surface area contributed by atoms with E-state index in [1.807, 2.05) is 0 Å². The van der Waals surface area contributed by atoms with Gasteiger partial charge in [-0.3, -0.25) is 9.59 Å². The Morgan fingerprint density at radius 2 is 2.07 bits per heavy atom. The number of likely N-dealkylation sites (tertiary alicyclic amines) is 1. The largest absolute Gasteiger partial charge is 0.357 e. The molecule has 0 spiro atoms. The predicted octanol–water partition coefficient (Wildman–Crippen LogP) is 0.379. The summed E-state index contributed by atoms with van der Waals surface area (Å²) in [5.41, 5.74) is 0. The zero-order valence-electron chi connectivity index (χ0n) is 8.50. The van der Waals surface area contributed by atoms with Crippen LogP contribution in [0.15, 0.2) is 0 Å². The van der Waals surface area contributed by atoms with Gasteiger partial charge in [0, 0.05) is 13.6 Å². The summed E-state index contributed by atoms with van der Waals surface area (Å²) in [6, 6.07) is -0.731. The number of carbonyl (C=O) groups is 2. The maximum Gasteiger partial charge on any atom is 0.315 e. The lowest BCUT2D eigenvalue weighted by Gasteiger charge is -2.34. The highest BCUT2D eigenvalue weighted by Crippen LogP contribution is 2.19. The van der Waals surface area contributed by atoms with Crippen molar-refractivity contribution < 1.29 is 18.4 Å². The highest BCUT2D eigenvalue weighted by atomic mass is 19.3. The number of hydrogen-bond acceptors (Lipinski definition) is 2. The Balaban J connectivity index is 2.73. The second kappa shape index (κ2) is 5.04.